The Labute approximate surface area is 189 Å². The van der Waals surface area contributed by atoms with E-state index >= 15 is 0 Å². The van der Waals surface area contributed by atoms with Gasteiger partial charge in [-0.05, 0) is 36.8 Å². The maximum Gasteiger partial charge on any atom is 0.329 e. The topological polar surface area (TPSA) is 110 Å². The van der Waals surface area contributed by atoms with E-state index in [1.807, 2.05) is 37.3 Å². The van der Waals surface area contributed by atoms with Crippen LogP contribution in [0.1, 0.15) is 11.1 Å². The van der Waals surface area contributed by atoms with Crippen LogP contribution in [-0.4, -0.2) is 46.9 Å². The van der Waals surface area contributed by atoms with Gasteiger partial charge in [0.05, 0.1) is 7.11 Å². The number of carbonyl (C=O) groups is 4. The number of aromatic nitrogens is 1. The summed E-state index contributed by atoms with van der Waals surface area (Å²) in [6.07, 6.45) is 3.25. The highest BCUT2D eigenvalue weighted by atomic mass is 16.5. The molecule has 0 bridgehead atoms. The summed E-state index contributed by atoms with van der Waals surface area (Å²) in [6, 6.07) is 13.9. The molecule has 4 rings (SSSR count). The number of aryl methyl sites for hydroxylation is 1. The SMILES string of the molecule is COC(=O)Cn1cc(/C=C2\NC(=O)N(CC(=O)Nc3cccc(C)c3)C2=O)c2ccccc21. The fraction of sp³-hybridized carbons (Fsp3) is 0.167. The van der Waals surface area contributed by atoms with Crippen molar-refractivity contribution in [3.8, 4) is 0 Å². The van der Waals surface area contributed by atoms with Crippen LogP contribution < -0.4 is 10.6 Å². The molecule has 9 heteroatoms. The van der Waals surface area contributed by atoms with Crippen LogP contribution in [0.2, 0.25) is 0 Å². The first-order valence-electron chi connectivity index (χ1n) is 10.2. The molecule has 1 saturated heterocycles. The zero-order chi connectivity index (χ0) is 23.5. The Balaban J connectivity index is 1.55. The molecule has 1 aliphatic heterocycles. The predicted molar refractivity (Wildman–Crippen MR) is 122 cm³/mol. The summed E-state index contributed by atoms with van der Waals surface area (Å²) in [5.74, 6) is -1.50. The number of hydrogen-bond acceptors (Lipinski definition) is 5. The quantitative estimate of drug-likeness (QED) is 0.344. The van der Waals surface area contributed by atoms with E-state index in [2.05, 4.69) is 10.6 Å². The van der Waals surface area contributed by atoms with E-state index in [1.165, 1.54) is 13.2 Å². The summed E-state index contributed by atoms with van der Waals surface area (Å²) >= 11 is 0. The lowest BCUT2D eigenvalue weighted by atomic mass is 10.1. The largest absolute Gasteiger partial charge is 0.468 e. The van der Waals surface area contributed by atoms with Gasteiger partial charge in [-0.25, -0.2) is 9.69 Å². The standard InChI is InChI=1S/C24H22N4O5/c1-15-6-5-7-17(10-15)25-21(29)13-28-23(31)19(26-24(28)32)11-16-12-27(14-22(30)33-2)20-9-4-3-8-18(16)20/h3-12H,13-14H2,1-2H3,(H,25,29)(H,26,32)/b19-11-. The zero-order valence-corrected chi connectivity index (χ0v) is 18.1. The lowest BCUT2D eigenvalue weighted by Gasteiger charge is -2.12. The number of nitrogens with one attached hydrogen (secondary N) is 2. The van der Waals surface area contributed by atoms with Gasteiger partial charge in [0.2, 0.25) is 5.91 Å². The molecule has 9 nitrogen and oxygen atoms in total. The number of imide groups is 1. The maximum absolute atomic E-state index is 12.8. The van der Waals surface area contributed by atoms with Crippen molar-refractivity contribution >= 4 is 46.5 Å². The highest BCUT2D eigenvalue weighted by Gasteiger charge is 2.35. The summed E-state index contributed by atoms with van der Waals surface area (Å²) in [5.41, 5.74) is 3.02. The molecule has 168 valence electrons. The van der Waals surface area contributed by atoms with E-state index in [0.717, 1.165) is 21.4 Å². The Bertz CT molecular complexity index is 1310. The molecule has 1 aliphatic rings. The third-order valence-electron chi connectivity index (χ3n) is 5.21. The van der Waals surface area contributed by atoms with Crippen molar-refractivity contribution in [2.45, 2.75) is 13.5 Å². The number of rotatable bonds is 6. The van der Waals surface area contributed by atoms with Crippen LogP contribution in [0, 0.1) is 6.92 Å². The molecular weight excluding hydrogens is 424 g/mol. The third-order valence-corrected chi connectivity index (χ3v) is 5.21. The first-order valence-corrected chi connectivity index (χ1v) is 10.2. The molecular formula is C24H22N4O5. The van der Waals surface area contributed by atoms with Crippen LogP contribution in [0.25, 0.3) is 17.0 Å². The lowest BCUT2D eigenvalue weighted by Crippen LogP contribution is -2.38. The highest BCUT2D eigenvalue weighted by molar-refractivity contribution is 6.16. The highest BCUT2D eigenvalue weighted by Crippen LogP contribution is 2.25. The molecule has 0 radical (unpaired) electrons. The number of esters is 1. The minimum absolute atomic E-state index is 0.00570. The number of ether oxygens (including phenoxy) is 1. The third kappa shape index (κ3) is 4.62. The van der Waals surface area contributed by atoms with Crippen molar-refractivity contribution < 1.29 is 23.9 Å². The summed E-state index contributed by atoms with van der Waals surface area (Å²) in [5, 5.41) is 6.01. The van der Waals surface area contributed by atoms with E-state index in [-0.39, 0.29) is 12.2 Å². The molecule has 4 amide bonds. The molecule has 2 heterocycles. The van der Waals surface area contributed by atoms with Gasteiger partial charge < -0.3 is 19.9 Å². The van der Waals surface area contributed by atoms with Crippen LogP contribution in [0.15, 0.2) is 60.4 Å². The molecule has 1 fully saturated rings. The Hall–Kier alpha value is -4.40. The Kier molecular flexibility index (Phi) is 5.95. The van der Waals surface area contributed by atoms with Gasteiger partial charge in [-0.3, -0.25) is 14.4 Å². The number of hydrogen-bond donors (Lipinski definition) is 2. The predicted octanol–water partition coefficient (Wildman–Crippen LogP) is 2.65. The summed E-state index contributed by atoms with van der Waals surface area (Å²) in [7, 11) is 1.31. The number of benzene rings is 2. The van der Waals surface area contributed by atoms with Crippen molar-refractivity contribution in [1.29, 1.82) is 0 Å². The lowest BCUT2D eigenvalue weighted by molar-refractivity contribution is -0.141. The Morgan fingerprint density at radius 1 is 1.09 bits per heavy atom. The van der Waals surface area contributed by atoms with Crippen molar-refractivity contribution in [2.75, 3.05) is 19.0 Å². The fourth-order valence-electron chi connectivity index (χ4n) is 3.66. The molecule has 0 unspecified atom stereocenters. The molecule has 2 aromatic carbocycles. The van der Waals surface area contributed by atoms with Crippen molar-refractivity contribution in [3.63, 3.8) is 0 Å². The van der Waals surface area contributed by atoms with Crippen LogP contribution in [-0.2, 0) is 25.7 Å². The van der Waals surface area contributed by atoms with Crippen molar-refractivity contribution in [2.24, 2.45) is 0 Å². The molecule has 0 aliphatic carbocycles. The normalized spacial score (nSPS) is 14.6. The van der Waals surface area contributed by atoms with Crippen LogP contribution in [0.5, 0.6) is 0 Å². The number of urea groups is 1. The maximum atomic E-state index is 12.8. The first-order chi connectivity index (χ1) is 15.9. The molecule has 1 aromatic heterocycles. The fourth-order valence-corrected chi connectivity index (χ4v) is 3.66. The smallest absolute Gasteiger partial charge is 0.329 e. The van der Waals surface area contributed by atoms with E-state index in [0.29, 0.717) is 11.3 Å². The first kappa shape index (κ1) is 21.8. The summed E-state index contributed by atoms with van der Waals surface area (Å²) in [4.78, 5) is 50.2. The van der Waals surface area contributed by atoms with E-state index in [4.69, 9.17) is 4.74 Å². The molecule has 0 spiro atoms. The van der Waals surface area contributed by atoms with Gasteiger partial charge in [0.25, 0.3) is 5.91 Å². The number of fused-ring (bicyclic) bond motifs is 1. The van der Waals surface area contributed by atoms with E-state index in [1.54, 1.807) is 29.0 Å². The molecule has 0 saturated carbocycles. The van der Waals surface area contributed by atoms with Crippen molar-refractivity contribution in [1.82, 2.24) is 14.8 Å². The molecule has 0 atom stereocenters. The number of carbonyl (C=O) groups excluding carboxylic acids is 4. The van der Waals surface area contributed by atoms with Gasteiger partial charge in [-0.1, -0.05) is 30.3 Å². The summed E-state index contributed by atoms with van der Waals surface area (Å²) < 4.78 is 6.46. The summed E-state index contributed by atoms with van der Waals surface area (Å²) in [6.45, 7) is 1.48. The Morgan fingerprint density at radius 3 is 2.64 bits per heavy atom. The molecule has 3 aromatic rings. The number of methoxy groups -OCH3 is 1. The average molecular weight is 446 g/mol. The van der Waals surface area contributed by atoms with Crippen molar-refractivity contribution in [3.05, 3.63) is 71.6 Å². The van der Waals surface area contributed by atoms with Gasteiger partial charge >= 0.3 is 12.0 Å². The van der Waals surface area contributed by atoms with Crippen LogP contribution in [0.4, 0.5) is 10.5 Å². The van der Waals surface area contributed by atoms with E-state index in [9.17, 15) is 19.2 Å². The van der Waals surface area contributed by atoms with Crippen LogP contribution >= 0.6 is 0 Å². The van der Waals surface area contributed by atoms with Gasteiger partial charge in [0.15, 0.2) is 0 Å². The number of nitrogens with zero attached hydrogens (tertiary/aromatic N) is 2. The number of amides is 4. The Morgan fingerprint density at radius 2 is 1.88 bits per heavy atom. The molecule has 33 heavy (non-hydrogen) atoms. The minimum atomic E-state index is -0.677. The van der Waals surface area contributed by atoms with Gasteiger partial charge in [0.1, 0.15) is 18.8 Å². The van der Waals surface area contributed by atoms with E-state index < -0.39 is 30.4 Å². The number of para-hydroxylation sites is 1. The monoisotopic (exact) mass is 446 g/mol. The second-order valence-corrected chi connectivity index (χ2v) is 7.60. The second kappa shape index (κ2) is 8.99. The number of anilines is 1. The molecule has 2 N–H and O–H groups in total. The van der Waals surface area contributed by atoms with Gasteiger partial charge in [-0.2, -0.15) is 0 Å². The second-order valence-electron chi connectivity index (χ2n) is 7.60. The minimum Gasteiger partial charge on any atom is -0.468 e. The van der Waals surface area contributed by atoms with Gasteiger partial charge in [-0.15, -0.1) is 0 Å². The zero-order valence-electron chi connectivity index (χ0n) is 18.1. The van der Waals surface area contributed by atoms with Crippen LogP contribution in [0.3, 0.4) is 0 Å². The average Bonchev–Trinajstić information content (AvgIpc) is 3.26. The van der Waals surface area contributed by atoms with Gasteiger partial charge in [0, 0.05) is 28.4 Å².